The molecule has 0 unspecified atom stereocenters. The van der Waals surface area contributed by atoms with Crippen molar-refractivity contribution in [2.75, 3.05) is 43.1 Å². The molecule has 1 amide bonds. The minimum absolute atomic E-state index is 0.212. The number of hydrogen-bond acceptors (Lipinski definition) is 7. The maximum Gasteiger partial charge on any atom is 0.261 e. The molecule has 0 aliphatic carbocycles. The number of alkyl halides is 1. The number of Topliss-reactive ketones (excluding diaryl/α,β-unsaturated/α-hetero) is 1. The summed E-state index contributed by atoms with van der Waals surface area (Å²) < 4.78 is 13.3. The van der Waals surface area contributed by atoms with E-state index in [0.717, 1.165) is 48.6 Å². The number of nitrogens with one attached hydrogen (secondary N) is 2. The van der Waals surface area contributed by atoms with Crippen LogP contribution in [0.3, 0.4) is 0 Å². The van der Waals surface area contributed by atoms with Gasteiger partial charge in [-0.15, -0.1) is 11.3 Å². The number of aromatic nitrogens is 3. The molecular formula is C19H22BrFN6O2S. The van der Waals surface area contributed by atoms with Crippen LogP contribution in [0.5, 0.6) is 0 Å². The average molecular weight is 497 g/mol. The molecule has 0 saturated carbocycles. The Morgan fingerprint density at radius 3 is 2.83 bits per heavy atom. The summed E-state index contributed by atoms with van der Waals surface area (Å²) in [6.45, 7) is 4.19. The SMILES string of the molecule is CC(=O)CF.O=C(Nc1cscc1Br)c1cnn2ccc(N3CCCNCC3)nc12. The third kappa shape index (κ3) is 5.61. The normalized spacial score (nSPS) is 14.0. The van der Waals surface area contributed by atoms with E-state index in [0.29, 0.717) is 11.2 Å². The summed E-state index contributed by atoms with van der Waals surface area (Å²) in [5, 5.41) is 14.3. The molecule has 30 heavy (non-hydrogen) atoms. The van der Waals surface area contributed by atoms with Gasteiger partial charge >= 0.3 is 0 Å². The molecule has 1 aliphatic rings. The monoisotopic (exact) mass is 496 g/mol. The van der Waals surface area contributed by atoms with Crippen molar-refractivity contribution in [2.45, 2.75) is 13.3 Å². The first-order valence-corrected chi connectivity index (χ1v) is 11.1. The number of amides is 1. The number of rotatable bonds is 4. The Morgan fingerprint density at radius 1 is 1.33 bits per heavy atom. The van der Waals surface area contributed by atoms with E-state index in [9.17, 15) is 14.0 Å². The van der Waals surface area contributed by atoms with Crippen LogP contribution in [0, 0.1) is 0 Å². The lowest BCUT2D eigenvalue weighted by Gasteiger charge is -2.20. The molecule has 3 aromatic heterocycles. The van der Waals surface area contributed by atoms with Crippen molar-refractivity contribution >= 4 is 56.1 Å². The average Bonchev–Trinajstić information content (AvgIpc) is 3.24. The first-order valence-electron chi connectivity index (χ1n) is 9.38. The second-order valence-corrected chi connectivity index (χ2v) is 8.22. The topological polar surface area (TPSA) is 91.6 Å². The number of halogens is 2. The van der Waals surface area contributed by atoms with E-state index in [-0.39, 0.29) is 5.91 Å². The molecule has 0 radical (unpaired) electrons. The summed E-state index contributed by atoms with van der Waals surface area (Å²) >= 11 is 4.95. The summed E-state index contributed by atoms with van der Waals surface area (Å²) in [6, 6.07) is 1.95. The van der Waals surface area contributed by atoms with E-state index in [4.69, 9.17) is 4.98 Å². The van der Waals surface area contributed by atoms with Crippen molar-refractivity contribution < 1.29 is 14.0 Å². The van der Waals surface area contributed by atoms with Crippen molar-refractivity contribution in [3.63, 3.8) is 0 Å². The van der Waals surface area contributed by atoms with Gasteiger partial charge in [0.1, 0.15) is 18.1 Å². The van der Waals surface area contributed by atoms with Gasteiger partial charge in [0, 0.05) is 36.6 Å². The van der Waals surface area contributed by atoms with Crippen LogP contribution in [0.25, 0.3) is 5.65 Å². The van der Waals surface area contributed by atoms with E-state index in [1.165, 1.54) is 18.3 Å². The van der Waals surface area contributed by atoms with Gasteiger partial charge < -0.3 is 15.5 Å². The standard InChI is InChI=1S/C16H17BrN6OS.C3H5FO/c17-12-9-25-10-13(12)20-16(24)11-8-19-23-6-2-14(21-15(11)23)22-5-1-3-18-4-7-22;1-3(5)2-4/h2,6,8-10,18H,1,3-5,7H2,(H,20,24);2H2,1H3. The molecular weight excluding hydrogens is 475 g/mol. The van der Waals surface area contributed by atoms with Gasteiger partial charge in [-0.25, -0.2) is 13.9 Å². The van der Waals surface area contributed by atoms with Gasteiger partial charge in [0.15, 0.2) is 11.4 Å². The Bertz CT molecular complexity index is 1020. The summed E-state index contributed by atoms with van der Waals surface area (Å²) in [4.78, 5) is 29.0. The smallest absolute Gasteiger partial charge is 0.261 e. The van der Waals surface area contributed by atoms with Crippen LogP contribution in [0.15, 0.2) is 33.7 Å². The fourth-order valence-electron chi connectivity index (χ4n) is 2.83. The highest BCUT2D eigenvalue weighted by Gasteiger charge is 2.18. The maximum absolute atomic E-state index is 12.6. The first-order chi connectivity index (χ1) is 14.5. The summed E-state index contributed by atoms with van der Waals surface area (Å²) in [7, 11) is 0. The lowest BCUT2D eigenvalue weighted by Crippen LogP contribution is -2.28. The van der Waals surface area contributed by atoms with Gasteiger partial charge in [0.25, 0.3) is 5.91 Å². The van der Waals surface area contributed by atoms with Gasteiger partial charge in [-0.1, -0.05) is 0 Å². The summed E-state index contributed by atoms with van der Waals surface area (Å²) in [5.41, 5.74) is 1.79. The molecule has 4 heterocycles. The van der Waals surface area contributed by atoms with Gasteiger partial charge in [-0.05, 0) is 41.9 Å². The number of anilines is 2. The number of thiophene rings is 1. The lowest BCUT2D eigenvalue weighted by molar-refractivity contribution is -0.117. The van der Waals surface area contributed by atoms with Crippen LogP contribution in [-0.4, -0.2) is 59.1 Å². The van der Waals surface area contributed by atoms with Crippen LogP contribution in [0.1, 0.15) is 23.7 Å². The van der Waals surface area contributed by atoms with Crippen LogP contribution in [0.2, 0.25) is 0 Å². The number of fused-ring (bicyclic) bond motifs is 1. The Balaban J connectivity index is 0.000000461. The zero-order chi connectivity index (χ0) is 21.5. The van der Waals surface area contributed by atoms with Gasteiger partial charge in [-0.2, -0.15) is 5.10 Å². The fourth-order valence-corrected chi connectivity index (χ4v) is 4.16. The molecule has 11 heteroatoms. The lowest BCUT2D eigenvalue weighted by atomic mass is 10.3. The van der Waals surface area contributed by atoms with Crippen molar-refractivity contribution in [1.82, 2.24) is 19.9 Å². The molecule has 4 rings (SSSR count). The Kier molecular flexibility index (Phi) is 7.88. The number of nitrogens with zero attached hydrogens (tertiary/aromatic N) is 4. The Hall–Kier alpha value is -2.37. The zero-order valence-electron chi connectivity index (χ0n) is 16.4. The predicted octanol–water partition coefficient (Wildman–Crippen LogP) is 3.15. The van der Waals surface area contributed by atoms with Crippen molar-refractivity contribution in [2.24, 2.45) is 0 Å². The highest BCUT2D eigenvalue weighted by Crippen LogP contribution is 2.27. The number of carbonyl (C=O) groups is 2. The minimum atomic E-state index is -0.833. The molecule has 3 aromatic rings. The number of hydrogen-bond donors (Lipinski definition) is 2. The van der Waals surface area contributed by atoms with E-state index in [2.05, 4.69) is 36.6 Å². The molecule has 1 fully saturated rings. The second-order valence-electron chi connectivity index (χ2n) is 6.63. The highest BCUT2D eigenvalue weighted by atomic mass is 79.9. The largest absolute Gasteiger partial charge is 0.355 e. The Labute approximate surface area is 185 Å². The fraction of sp³-hybridized carbons (Fsp3) is 0.368. The molecule has 1 aliphatic heterocycles. The van der Waals surface area contributed by atoms with Crippen molar-refractivity contribution in [3.8, 4) is 0 Å². The van der Waals surface area contributed by atoms with Gasteiger partial charge in [-0.3, -0.25) is 9.59 Å². The third-order valence-corrected chi connectivity index (χ3v) is 6.02. The minimum Gasteiger partial charge on any atom is -0.355 e. The van der Waals surface area contributed by atoms with Crippen LogP contribution < -0.4 is 15.5 Å². The zero-order valence-corrected chi connectivity index (χ0v) is 18.8. The highest BCUT2D eigenvalue weighted by molar-refractivity contribution is 9.10. The second kappa shape index (κ2) is 10.6. The molecule has 0 atom stereocenters. The van der Waals surface area contributed by atoms with Crippen LogP contribution in [0.4, 0.5) is 15.9 Å². The number of carbonyl (C=O) groups excluding carboxylic acids is 2. The Morgan fingerprint density at radius 2 is 2.13 bits per heavy atom. The molecule has 0 aromatic carbocycles. The molecule has 160 valence electrons. The van der Waals surface area contributed by atoms with Crippen molar-refractivity contribution in [3.05, 3.63) is 39.3 Å². The van der Waals surface area contributed by atoms with Crippen molar-refractivity contribution in [1.29, 1.82) is 0 Å². The van der Waals surface area contributed by atoms with Crippen LogP contribution >= 0.6 is 27.3 Å². The van der Waals surface area contributed by atoms with Gasteiger partial charge in [0.05, 0.1) is 16.4 Å². The summed E-state index contributed by atoms with van der Waals surface area (Å²) in [6.07, 6.45) is 4.49. The first kappa shape index (κ1) is 22.3. The molecule has 2 N–H and O–H groups in total. The molecule has 0 spiro atoms. The van der Waals surface area contributed by atoms with E-state index < -0.39 is 12.5 Å². The van der Waals surface area contributed by atoms with Crippen LogP contribution in [-0.2, 0) is 4.79 Å². The van der Waals surface area contributed by atoms with E-state index in [1.807, 2.05) is 23.0 Å². The number of ketones is 1. The molecule has 8 nitrogen and oxygen atoms in total. The van der Waals surface area contributed by atoms with E-state index in [1.54, 1.807) is 10.7 Å². The third-order valence-electron chi connectivity index (χ3n) is 4.31. The summed E-state index contributed by atoms with van der Waals surface area (Å²) in [5.74, 6) is 0.253. The quantitative estimate of drug-likeness (QED) is 0.576. The predicted molar refractivity (Wildman–Crippen MR) is 119 cm³/mol. The maximum atomic E-state index is 12.6. The molecule has 1 saturated heterocycles. The van der Waals surface area contributed by atoms with E-state index >= 15 is 0 Å². The van der Waals surface area contributed by atoms with Gasteiger partial charge in [0.2, 0.25) is 0 Å². The molecule has 0 bridgehead atoms.